The normalized spacial score (nSPS) is 15.7. The molecule has 2 aromatic rings. The van der Waals surface area contributed by atoms with E-state index < -0.39 is 17.6 Å². The molecule has 2 N–H and O–H groups in total. The number of amides is 1. The third-order valence-corrected chi connectivity index (χ3v) is 4.33. The smallest absolute Gasteiger partial charge is 0.223 e. The molecule has 0 radical (unpaired) electrons. The van der Waals surface area contributed by atoms with E-state index in [-0.39, 0.29) is 28.2 Å². The topological polar surface area (TPSA) is 75.1 Å². The third-order valence-electron chi connectivity index (χ3n) is 4.03. The number of aromatic hydroxyl groups is 1. The minimum absolute atomic E-state index is 0.0756. The van der Waals surface area contributed by atoms with Crippen molar-refractivity contribution in [2.45, 2.75) is 25.3 Å². The van der Waals surface area contributed by atoms with Gasteiger partial charge in [0.1, 0.15) is 11.7 Å². The van der Waals surface area contributed by atoms with Gasteiger partial charge in [-0.1, -0.05) is 30.2 Å². The van der Waals surface area contributed by atoms with E-state index in [1.165, 1.54) is 30.6 Å². The van der Waals surface area contributed by atoms with Crippen LogP contribution >= 0.6 is 11.6 Å². The lowest BCUT2D eigenvalue weighted by Gasteiger charge is -2.27. The monoisotopic (exact) mass is 335 g/mol. The number of benzene rings is 1. The second-order valence-corrected chi connectivity index (χ2v) is 5.84. The molecule has 1 aromatic carbocycles. The molecule has 0 bridgehead atoms. The van der Waals surface area contributed by atoms with Crippen LogP contribution in [0.1, 0.15) is 36.6 Å². The summed E-state index contributed by atoms with van der Waals surface area (Å²) in [5, 5.41) is 12.5. The van der Waals surface area contributed by atoms with Crippen LogP contribution in [0.25, 0.3) is 0 Å². The number of carbonyl (C=O) groups is 1. The van der Waals surface area contributed by atoms with Crippen LogP contribution in [0.4, 0.5) is 4.39 Å². The maximum Gasteiger partial charge on any atom is 0.223 e. The standard InChI is InChI=1S/C16H15ClFN3O2/c17-15-14(19-7-8-20-15)13(21-16(23)9-3-1-4-9)10-5-2-6-11(22)12(10)18/h2,5-9,13,22H,1,3-4H2,(H,21,23). The van der Waals surface area contributed by atoms with Crippen molar-refractivity contribution in [2.75, 3.05) is 0 Å². The fourth-order valence-corrected chi connectivity index (χ4v) is 2.72. The zero-order valence-electron chi connectivity index (χ0n) is 12.2. The highest BCUT2D eigenvalue weighted by Gasteiger charge is 2.31. The molecular weight excluding hydrogens is 321 g/mol. The Kier molecular flexibility index (Phi) is 4.43. The molecule has 1 amide bonds. The van der Waals surface area contributed by atoms with Crippen molar-refractivity contribution in [1.29, 1.82) is 0 Å². The predicted molar refractivity (Wildman–Crippen MR) is 82.4 cm³/mol. The zero-order chi connectivity index (χ0) is 16.4. The van der Waals surface area contributed by atoms with Crippen LogP contribution in [0.2, 0.25) is 5.15 Å². The molecule has 120 valence electrons. The fraction of sp³-hybridized carbons (Fsp3) is 0.312. The van der Waals surface area contributed by atoms with Crippen molar-refractivity contribution in [2.24, 2.45) is 5.92 Å². The number of nitrogens with zero attached hydrogens (tertiary/aromatic N) is 2. The molecule has 1 fully saturated rings. The number of carbonyl (C=O) groups excluding carboxylic acids is 1. The molecule has 1 aliphatic carbocycles. The zero-order valence-corrected chi connectivity index (χ0v) is 12.9. The molecule has 7 heteroatoms. The molecule has 3 rings (SSSR count). The van der Waals surface area contributed by atoms with E-state index in [9.17, 15) is 14.3 Å². The van der Waals surface area contributed by atoms with E-state index >= 15 is 0 Å². The van der Waals surface area contributed by atoms with E-state index in [4.69, 9.17) is 11.6 Å². The molecule has 1 unspecified atom stereocenters. The lowest BCUT2D eigenvalue weighted by atomic mass is 9.84. The highest BCUT2D eigenvalue weighted by atomic mass is 35.5. The average molecular weight is 336 g/mol. The minimum Gasteiger partial charge on any atom is -0.505 e. The Hall–Kier alpha value is -2.21. The van der Waals surface area contributed by atoms with E-state index in [0.29, 0.717) is 0 Å². The van der Waals surface area contributed by atoms with Crippen molar-refractivity contribution in [3.8, 4) is 5.75 Å². The van der Waals surface area contributed by atoms with Gasteiger partial charge < -0.3 is 10.4 Å². The van der Waals surface area contributed by atoms with E-state index in [1.54, 1.807) is 0 Å². The van der Waals surface area contributed by atoms with Gasteiger partial charge in [0, 0.05) is 23.9 Å². The number of nitrogens with one attached hydrogen (secondary N) is 1. The van der Waals surface area contributed by atoms with Crippen LogP contribution in [-0.4, -0.2) is 21.0 Å². The van der Waals surface area contributed by atoms with Crippen LogP contribution < -0.4 is 5.32 Å². The van der Waals surface area contributed by atoms with Crippen LogP contribution in [0.5, 0.6) is 5.75 Å². The summed E-state index contributed by atoms with van der Waals surface area (Å²) in [4.78, 5) is 20.4. The van der Waals surface area contributed by atoms with Gasteiger partial charge in [-0.25, -0.2) is 9.37 Å². The summed E-state index contributed by atoms with van der Waals surface area (Å²) in [6, 6.07) is 3.31. The Morgan fingerprint density at radius 2 is 2.09 bits per heavy atom. The molecule has 1 atom stereocenters. The van der Waals surface area contributed by atoms with Crippen molar-refractivity contribution in [1.82, 2.24) is 15.3 Å². The van der Waals surface area contributed by atoms with Gasteiger partial charge in [-0.3, -0.25) is 9.78 Å². The highest BCUT2D eigenvalue weighted by Crippen LogP contribution is 2.32. The second-order valence-electron chi connectivity index (χ2n) is 5.48. The van der Waals surface area contributed by atoms with Gasteiger partial charge in [-0.05, 0) is 18.9 Å². The summed E-state index contributed by atoms with van der Waals surface area (Å²) < 4.78 is 14.3. The number of halogens is 2. The summed E-state index contributed by atoms with van der Waals surface area (Å²) >= 11 is 6.06. The molecule has 1 heterocycles. The first-order chi connectivity index (χ1) is 11.1. The number of hydrogen-bond donors (Lipinski definition) is 2. The van der Waals surface area contributed by atoms with Crippen LogP contribution in [-0.2, 0) is 4.79 Å². The lowest BCUT2D eigenvalue weighted by molar-refractivity contribution is -0.127. The van der Waals surface area contributed by atoms with Gasteiger partial charge in [0.05, 0.1) is 0 Å². The van der Waals surface area contributed by atoms with Gasteiger partial charge in [-0.2, -0.15) is 0 Å². The Morgan fingerprint density at radius 3 is 2.74 bits per heavy atom. The van der Waals surface area contributed by atoms with Gasteiger partial charge in [0.2, 0.25) is 5.91 Å². The number of phenols is 1. The van der Waals surface area contributed by atoms with Crippen LogP contribution in [0, 0.1) is 11.7 Å². The summed E-state index contributed by atoms with van der Waals surface area (Å²) in [7, 11) is 0. The first kappa shape index (κ1) is 15.7. The van der Waals surface area contributed by atoms with Gasteiger partial charge in [0.25, 0.3) is 0 Å². The predicted octanol–water partition coefficient (Wildman–Crippen LogP) is 2.98. The summed E-state index contributed by atoms with van der Waals surface area (Å²) in [5.74, 6) is -1.56. The van der Waals surface area contributed by atoms with E-state index in [1.807, 2.05) is 0 Å². The molecule has 0 spiro atoms. The van der Waals surface area contributed by atoms with Crippen molar-refractivity contribution >= 4 is 17.5 Å². The molecule has 1 saturated carbocycles. The number of phenolic OH excluding ortho intramolecular Hbond substituents is 1. The van der Waals surface area contributed by atoms with Crippen molar-refractivity contribution < 1.29 is 14.3 Å². The molecule has 1 aliphatic rings. The molecule has 23 heavy (non-hydrogen) atoms. The second kappa shape index (κ2) is 6.50. The lowest BCUT2D eigenvalue weighted by Crippen LogP contribution is -2.38. The maximum atomic E-state index is 14.3. The number of rotatable bonds is 4. The first-order valence-corrected chi connectivity index (χ1v) is 7.70. The molecule has 0 saturated heterocycles. The van der Waals surface area contributed by atoms with Gasteiger partial charge >= 0.3 is 0 Å². The van der Waals surface area contributed by atoms with Crippen molar-refractivity contribution in [3.05, 3.63) is 52.8 Å². The Labute approximate surface area is 137 Å². The fourth-order valence-electron chi connectivity index (χ4n) is 2.51. The average Bonchev–Trinajstić information content (AvgIpc) is 2.47. The minimum atomic E-state index is -0.906. The number of hydrogen-bond acceptors (Lipinski definition) is 4. The van der Waals surface area contributed by atoms with Gasteiger partial charge in [-0.15, -0.1) is 0 Å². The number of aromatic nitrogens is 2. The summed E-state index contributed by atoms with van der Waals surface area (Å²) in [6.07, 6.45) is 5.47. The SMILES string of the molecule is O=C(NC(c1cccc(O)c1F)c1nccnc1Cl)C1CCC1. The van der Waals surface area contributed by atoms with E-state index in [0.717, 1.165) is 19.3 Å². The van der Waals surface area contributed by atoms with Crippen LogP contribution in [0.15, 0.2) is 30.6 Å². The maximum absolute atomic E-state index is 14.3. The molecule has 0 aliphatic heterocycles. The molecule has 5 nitrogen and oxygen atoms in total. The molecule has 1 aromatic heterocycles. The summed E-state index contributed by atoms with van der Waals surface area (Å²) in [6.45, 7) is 0. The molecular formula is C16H15ClFN3O2. The quantitative estimate of drug-likeness (QED) is 0.900. The third kappa shape index (κ3) is 3.12. The van der Waals surface area contributed by atoms with Crippen molar-refractivity contribution in [3.63, 3.8) is 0 Å². The highest BCUT2D eigenvalue weighted by molar-refractivity contribution is 6.30. The van der Waals surface area contributed by atoms with Gasteiger partial charge in [0.15, 0.2) is 16.7 Å². The van der Waals surface area contributed by atoms with Crippen LogP contribution in [0.3, 0.4) is 0 Å². The Bertz CT molecular complexity index is 737. The summed E-state index contributed by atoms with van der Waals surface area (Å²) in [5.41, 5.74) is 0.339. The van der Waals surface area contributed by atoms with E-state index in [2.05, 4.69) is 15.3 Å². The largest absolute Gasteiger partial charge is 0.505 e. The Morgan fingerprint density at radius 1 is 1.35 bits per heavy atom. The first-order valence-electron chi connectivity index (χ1n) is 7.32. The Balaban J connectivity index is 2.00.